The van der Waals surface area contributed by atoms with Crippen molar-refractivity contribution in [3.63, 3.8) is 0 Å². The van der Waals surface area contributed by atoms with Crippen LogP contribution in [0.4, 0.5) is 0 Å². The Hall–Kier alpha value is -1.93. The fraction of sp³-hybridized carbons (Fsp3) is 0.333. The Kier molecular flexibility index (Phi) is 3.78. The zero-order chi connectivity index (χ0) is 14.9. The highest BCUT2D eigenvalue weighted by atomic mass is 32.2. The van der Waals surface area contributed by atoms with Crippen LogP contribution < -0.4 is 9.88 Å². The van der Waals surface area contributed by atoms with Crippen LogP contribution in [-0.2, 0) is 10.0 Å². The average molecular weight is 296 g/mol. The standard InChI is InChI=1S/C12H16N4O3S/c1-8(2)16-11(14-15-12(16)20(13,17)18)9-4-6-10(19-3)7-5-9/h4-8H,1-3H3,(H2,13,17,18). The molecule has 0 unspecified atom stereocenters. The SMILES string of the molecule is COc1ccc(-c2nnc(S(N)(=O)=O)n2C(C)C)cc1. The van der Waals surface area contributed by atoms with E-state index in [1.54, 1.807) is 31.4 Å². The third kappa shape index (κ3) is 2.66. The summed E-state index contributed by atoms with van der Waals surface area (Å²) in [5, 5.41) is 12.6. The number of hydrogen-bond donors (Lipinski definition) is 1. The number of aromatic nitrogens is 3. The van der Waals surface area contributed by atoms with Gasteiger partial charge >= 0.3 is 0 Å². The van der Waals surface area contributed by atoms with E-state index >= 15 is 0 Å². The van der Waals surface area contributed by atoms with E-state index in [4.69, 9.17) is 9.88 Å². The van der Waals surface area contributed by atoms with E-state index in [1.807, 2.05) is 13.8 Å². The number of primary sulfonamides is 1. The fourth-order valence-corrected chi connectivity index (χ4v) is 2.60. The monoisotopic (exact) mass is 296 g/mol. The lowest BCUT2D eigenvalue weighted by Gasteiger charge is -2.13. The molecule has 0 saturated heterocycles. The first-order valence-corrected chi connectivity index (χ1v) is 7.51. The lowest BCUT2D eigenvalue weighted by molar-refractivity contribution is 0.415. The fourth-order valence-electron chi connectivity index (χ4n) is 1.87. The number of hydrogen-bond acceptors (Lipinski definition) is 5. The summed E-state index contributed by atoms with van der Waals surface area (Å²) in [4.78, 5) is 0. The molecule has 0 radical (unpaired) electrons. The van der Waals surface area contributed by atoms with Crippen LogP contribution in [0.25, 0.3) is 11.4 Å². The van der Waals surface area contributed by atoms with E-state index < -0.39 is 10.0 Å². The molecule has 0 amide bonds. The van der Waals surface area contributed by atoms with Gasteiger partial charge < -0.3 is 4.74 Å². The van der Waals surface area contributed by atoms with Crippen LogP contribution in [-0.4, -0.2) is 30.3 Å². The molecule has 20 heavy (non-hydrogen) atoms. The molecular formula is C12H16N4O3S. The van der Waals surface area contributed by atoms with Crippen LogP contribution in [0.3, 0.4) is 0 Å². The summed E-state index contributed by atoms with van der Waals surface area (Å²) in [6.07, 6.45) is 0. The summed E-state index contributed by atoms with van der Waals surface area (Å²) in [7, 11) is -2.34. The van der Waals surface area contributed by atoms with Gasteiger partial charge in [0, 0.05) is 11.6 Å². The molecule has 2 aromatic rings. The van der Waals surface area contributed by atoms with Crippen molar-refractivity contribution in [1.82, 2.24) is 14.8 Å². The van der Waals surface area contributed by atoms with Crippen molar-refractivity contribution in [2.75, 3.05) is 7.11 Å². The Morgan fingerprint density at radius 3 is 2.25 bits per heavy atom. The highest BCUT2D eigenvalue weighted by Gasteiger charge is 2.23. The predicted octanol–water partition coefficient (Wildman–Crippen LogP) is 1.18. The van der Waals surface area contributed by atoms with Gasteiger partial charge in [-0.05, 0) is 38.1 Å². The van der Waals surface area contributed by atoms with Gasteiger partial charge in [-0.3, -0.25) is 4.57 Å². The van der Waals surface area contributed by atoms with Crippen molar-refractivity contribution in [3.05, 3.63) is 24.3 Å². The Morgan fingerprint density at radius 2 is 1.80 bits per heavy atom. The molecule has 0 spiro atoms. The lowest BCUT2D eigenvalue weighted by Crippen LogP contribution is -2.20. The molecule has 8 heteroatoms. The molecule has 108 valence electrons. The van der Waals surface area contributed by atoms with Gasteiger partial charge in [-0.15, -0.1) is 10.2 Å². The van der Waals surface area contributed by atoms with E-state index in [2.05, 4.69) is 10.2 Å². The first kappa shape index (κ1) is 14.5. The highest BCUT2D eigenvalue weighted by molar-refractivity contribution is 7.89. The molecular weight excluding hydrogens is 280 g/mol. The minimum absolute atomic E-state index is 0.143. The van der Waals surface area contributed by atoms with E-state index in [0.29, 0.717) is 11.6 Å². The van der Waals surface area contributed by atoms with E-state index in [-0.39, 0.29) is 11.2 Å². The van der Waals surface area contributed by atoms with Crippen molar-refractivity contribution in [2.24, 2.45) is 5.14 Å². The average Bonchev–Trinajstić information content (AvgIpc) is 2.83. The number of benzene rings is 1. The van der Waals surface area contributed by atoms with Crippen LogP contribution in [0.15, 0.2) is 29.4 Å². The number of ether oxygens (including phenoxy) is 1. The summed E-state index contributed by atoms with van der Waals surface area (Å²) < 4.78 is 29.7. The van der Waals surface area contributed by atoms with Gasteiger partial charge in [0.15, 0.2) is 5.82 Å². The molecule has 1 aromatic carbocycles. The Balaban J connectivity index is 2.59. The molecule has 0 fully saturated rings. The molecule has 0 aliphatic rings. The predicted molar refractivity (Wildman–Crippen MR) is 73.8 cm³/mol. The normalized spacial score (nSPS) is 11.8. The number of rotatable bonds is 4. The van der Waals surface area contributed by atoms with Crippen molar-refractivity contribution in [2.45, 2.75) is 25.0 Å². The first-order valence-electron chi connectivity index (χ1n) is 5.96. The van der Waals surface area contributed by atoms with Crippen molar-refractivity contribution >= 4 is 10.0 Å². The summed E-state index contributed by atoms with van der Waals surface area (Å²) >= 11 is 0. The number of sulfonamides is 1. The molecule has 0 atom stereocenters. The maximum atomic E-state index is 11.5. The Morgan fingerprint density at radius 1 is 1.20 bits per heavy atom. The molecule has 0 bridgehead atoms. The molecule has 2 rings (SSSR count). The molecule has 0 saturated carbocycles. The van der Waals surface area contributed by atoms with Gasteiger partial charge in [-0.2, -0.15) is 0 Å². The second kappa shape index (κ2) is 5.22. The van der Waals surface area contributed by atoms with Gasteiger partial charge in [0.2, 0.25) is 0 Å². The van der Waals surface area contributed by atoms with Crippen LogP contribution in [0, 0.1) is 0 Å². The second-order valence-corrected chi connectivity index (χ2v) is 6.00. The van der Waals surface area contributed by atoms with Crippen molar-refractivity contribution in [1.29, 1.82) is 0 Å². The number of nitrogens with two attached hydrogens (primary N) is 1. The molecule has 1 aromatic heterocycles. The third-order valence-electron chi connectivity index (χ3n) is 2.78. The molecule has 7 nitrogen and oxygen atoms in total. The third-order valence-corrected chi connectivity index (χ3v) is 3.57. The second-order valence-electron chi connectivity index (χ2n) is 4.54. The Bertz CT molecular complexity index is 705. The minimum atomic E-state index is -3.91. The smallest absolute Gasteiger partial charge is 0.273 e. The minimum Gasteiger partial charge on any atom is -0.497 e. The van der Waals surface area contributed by atoms with Gasteiger partial charge in [-0.25, -0.2) is 13.6 Å². The zero-order valence-electron chi connectivity index (χ0n) is 11.4. The van der Waals surface area contributed by atoms with E-state index in [9.17, 15) is 8.42 Å². The van der Waals surface area contributed by atoms with E-state index in [0.717, 1.165) is 5.56 Å². The molecule has 0 aliphatic carbocycles. The molecule has 1 heterocycles. The summed E-state index contributed by atoms with van der Waals surface area (Å²) in [5.74, 6) is 1.16. The van der Waals surface area contributed by atoms with Crippen LogP contribution in [0.1, 0.15) is 19.9 Å². The molecule has 0 aliphatic heterocycles. The maximum Gasteiger partial charge on any atom is 0.273 e. The van der Waals surface area contributed by atoms with Crippen molar-refractivity contribution in [3.8, 4) is 17.1 Å². The summed E-state index contributed by atoms with van der Waals surface area (Å²) in [6, 6.07) is 6.97. The van der Waals surface area contributed by atoms with Gasteiger partial charge in [0.1, 0.15) is 5.75 Å². The summed E-state index contributed by atoms with van der Waals surface area (Å²) in [5.41, 5.74) is 0.738. The number of methoxy groups -OCH3 is 1. The van der Waals surface area contributed by atoms with Crippen LogP contribution in [0.2, 0.25) is 0 Å². The maximum absolute atomic E-state index is 11.5. The largest absolute Gasteiger partial charge is 0.497 e. The molecule has 2 N–H and O–H groups in total. The topological polar surface area (TPSA) is 100 Å². The van der Waals surface area contributed by atoms with Gasteiger partial charge in [0.25, 0.3) is 15.2 Å². The number of nitrogens with zero attached hydrogens (tertiary/aromatic N) is 3. The first-order chi connectivity index (χ1) is 9.34. The zero-order valence-corrected chi connectivity index (χ0v) is 12.3. The van der Waals surface area contributed by atoms with Crippen molar-refractivity contribution < 1.29 is 13.2 Å². The van der Waals surface area contributed by atoms with E-state index in [1.165, 1.54) is 4.57 Å². The van der Waals surface area contributed by atoms with Gasteiger partial charge in [0.05, 0.1) is 7.11 Å². The van der Waals surface area contributed by atoms with Crippen LogP contribution in [0.5, 0.6) is 5.75 Å². The lowest BCUT2D eigenvalue weighted by atomic mass is 10.2. The van der Waals surface area contributed by atoms with Gasteiger partial charge in [-0.1, -0.05) is 0 Å². The quantitative estimate of drug-likeness (QED) is 0.913. The Labute approximate surface area is 117 Å². The van der Waals surface area contributed by atoms with Crippen LogP contribution >= 0.6 is 0 Å². The highest BCUT2D eigenvalue weighted by Crippen LogP contribution is 2.25. The summed E-state index contributed by atoms with van der Waals surface area (Å²) in [6.45, 7) is 3.68.